The van der Waals surface area contributed by atoms with E-state index >= 15 is 0 Å². The van der Waals surface area contributed by atoms with Gasteiger partial charge in [0.2, 0.25) is 0 Å². The first-order valence-electron chi connectivity index (χ1n) is 10.6. The van der Waals surface area contributed by atoms with Crippen LogP contribution in [0.15, 0.2) is 48.5 Å². The van der Waals surface area contributed by atoms with E-state index in [0.29, 0.717) is 12.3 Å². The summed E-state index contributed by atoms with van der Waals surface area (Å²) >= 11 is 0. The summed E-state index contributed by atoms with van der Waals surface area (Å²) in [6.45, 7) is 2.32. The van der Waals surface area contributed by atoms with E-state index in [2.05, 4.69) is 96.3 Å². The van der Waals surface area contributed by atoms with Crippen LogP contribution in [0.1, 0.15) is 24.0 Å². The first-order valence-corrected chi connectivity index (χ1v) is 10.6. The number of nitrogens with zero attached hydrogens (tertiary/aromatic N) is 4. The highest BCUT2D eigenvalue weighted by molar-refractivity contribution is 5.73. The molecule has 0 bridgehead atoms. The SMILES string of the molecule is CN1CCC2([C@]34CCN(C)[C@H]3N(C)c3ccccc34)c3ccccc3N(C)[C@H]12. The van der Waals surface area contributed by atoms with Gasteiger partial charge in [-0.3, -0.25) is 9.80 Å². The third-order valence-electron chi connectivity index (χ3n) is 8.49. The zero-order valence-corrected chi connectivity index (χ0v) is 17.4. The molecule has 2 aromatic rings. The zero-order valence-electron chi connectivity index (χ0n) is 17.4. The first-order chi connectivity index (χ1) is 13.5. The molecular weight excluding hydrogens is 344 g/mol. The van der Waals surface area contributed by atoms with Crippen LogP contribution >= 0.6 is 0 Å². The Morgan fingerprint density at radius 3 is 1.46 bits per heavy atom. The molecule has 4 atom stereocenters. The van der Waals surface area contributed by atoms with Gasteiger partial charge in [-0.05, 0) is 50.2 Å². The van der Waals surface area contributed by atoms with E-state index in [1.807, 2.05) is 0 Å². The molecule has 0 amide bonds. The summed E-state index contributed by atoms with van der Waals surface area (Å²) in [5, 5.41) is 0. The Labute approximate surface area is 168 Å². The van der Waals surface area contributed by atoms with Gasteiger partial charge in [0, 0.05) is 49.4 Å². The summed E-state index contributed by atoms with van der Waals surface area (Å²) in [5.41, 5.74) is 6.21. The van der Waals surface area contributed by atoms with Gasteiger partial charge in [-0.15, -0.1) is 0 Å². The van der Waals surface area contributed by atoms with Crippen LogP contribution in [0.25, 0.3) is 0 Å². The molecule has 28 heavy (non-hydrogen) atoms. The minimum absolute atomic E-state index is 0.114. The summed E-state index contributed by atoms with van der Waals surface area (Å²) in [5.74, 6) is 0. The lowest BCUT2D eigenvalue weighted by atomic mass is 9.55. The molecule has 1 unspecified atom stereocenters. The fourth-order valence-corrected chi connectivity index (χ4v) is 7.73. The highest BCUT2D eigenvalue weighted by Gasteiger charge is 2.72. The zero-order chi connectivity index (χ0) is 19.3. The first kappa shape index (κ1) is 16.9. The molecule has 0 aromatic heterocycles. The molecule has 2 aromatic carbocycles. The number of hydrogen-bond donors (Lipinski definition) is 0. The Morgan fingerprint density at radius 2 is 1.04 bits per heavy atom. The summed E-state index contributed by atoms with van der Waals surface area (Å²) in [7, 11) is 9.26. The van der Waals surface area contributed by atoms with E-state index in [1.165, 1.54) is 24.2 Å². The maximum Gasteiger partial charge on any atom is 0.0924 e. The minimum atomic E-state index is 0.114. The molecule has 2 saturated heterocycles. The molecule has 146 valence electrons. The van der Waals surface area contributed by atoms with Crippen LogP contribution in [-0.4, -0.2) is 63.4 Å². The van der Waals surface area contributed by atoms with Crippen LogP contribution in [0.4, 0.5) is 11.4 Å². The minimum Gasteiger partial charge on any atom is -0.358 e. The highest BCUT2D eigenvalue weighted by Crippen LogP contribution is 2.68. The molecule has 6 rings (SSSR count). The van der Waals surface area contributed by atoms with Gasteiger partial charge in [0.05, 0.1) is 12.3 Å². The van der Waals surface area contributed by atoms with Gasteiger partial charge in [-0.1, -0.05) is 36.4 Å². The predicted molar refractivity (Wildman–Crippen MR) is 115 cm³/mol. The van der Waals surface area contributed by atoms with Crippen LogP contribution in [0.3, 0.4) is 0 Å². The molecule has 4 heteroatoms. The standard InChI is InChI=1S/C24H30N4/c1-25-15-13-23(17-9-5-7-11-19(17)27(3)21(23)25)24-14-16-26(2)22(24)28(4)20-12-8-6-10-18(20)24/h5-12,21-22H,13-16H2,1-4H3/t21-,22-,23-,24?/m0/s1. The predicted octanol–water partition coefficient (Wildman–Crippen LogP) is 3.09. The van der Waals surface area contributed by atoms with Crippen LogP contribution < -0.4 is 9.80 Å². The quantitative estimate of drug-likeness (QED) is 0.760. The number of likely N-dealkylation sites (tertiary alicyclic amines) is 2. The highest BCUT2D eigenvalue weighted by atomic mass is 15.4. The second-order valence-electron chi connectivity index (χ2n) is 9.41. The van der Waals surface area contributed by atoms with E-state index in [9.17, 15) is 0 Å². The van der Waals surface area contributed by atoms with Crippen molar-refractivity contribution >= 4 is 11.4 Å². The van der Waals surface area contributed by atoms with Crippen molar-refractivity contribution in [3.63, 3.8) is 0 Å². The molecule has 4 aliphatic heterocycles. The lowest BCUT2D eigenvalue weighted by Crippen LogP contribution is -2.62. The number of hydrogen-bond acceptors (Lipinski definition) is 4. The smallest absolute Gasteiger partial charge is 0.0924 e. The van der Waals surface area contributed by atoms with Crippen molar-refractivity contribution in [1.82, 2.24) is 9.80 Å². The molecule has 0 saturated carbocycles. The molecule has 0 aliphatic carbocycles. The second kappa shape index (κ2) is 5.31. The third kappa shape index (κ3) is 1.60. The van der Waals surface area contributed by atoms with Crippen molar-refractivity contribution in [2.75, 3.05) is 51.1 Å². The number of para-hydroxylation sites is 2. The molecule has 2 fully saturated rings. The van der Waals surface area contributed by atoms with E-state index in [4.69, 9.17) is 0 Å². The van der Waals surface area contributed by atoms with Gasteiger partial charge in [-0.2, -0.15) is 0 Å². The van der Waals surface area contributed by atoms with Crippen molar-refractivity contribution in [2.24, 2.45) is 0 Å². The van der Waals surface area contributed by atoms with Gasteiger partial charge in [0.25, 0.3) is 0 Å². The Balaban J connectivity index is 1.71. The van der Waals surface area contributed by atoms with Crippen LogP contribution in [0.2, 0.25) is 0 Å². The topological polar surface area (TPSA) is 13.0 Å². The van der Waals surface area contributed by atoms with Crippen molar-refractivity contribution in [3.8, 4) is 0 Å². The van der Waals surface area contributed by atoms with Gasteiger partial charge in [0.1, 0.15) is 0 Å². The van der Waals surface area contributed by atoms with Crippen molar-refractivity contribution in [1.29, 1.82) is 0 Å². The number of anilines is 2. The number of likely N-dealkylation sites (N-methyl/N-ethyl adjacent to an activating group) is 4. The normalized spacial score (nSPS) is 36.6. The van der Waals surface area contributed by atoms with E-state index < -0.39 is 0 Å². The van der Waals surface area contributed by atoms with E-state index in [1.54, 1.807) is 11.1 Å². The lowest BCUT2D eigenvalue weighted by Gasteiger charge is -2.50. The summed E-state index contributed by atoms with van der Waals surface area (Å²) in [6.07, 6.45) is 3.28. The Hall–Kier alpha value is -2.04. The largest absolute Gasteiger partial charge is 0.358 e. The molecule has 0 spiro atoms. The molecule has 4 heterocycles. The van der Waals surface area contributed by atoms with E-state index in [0.717, 1.165) is 13.1 Å². The Kier molecular flexibility index (Phi) is 3.20. The summed E-state index contributed by atoms with van der Waals surface area (Å²) < 4.78 is 0. The van der Waals surface area contributed by atoms with Gasteiger partial charge >= 0.3 is 0 Å². The van der Waals surface area contributed by atoms with E-state index in [-0.39, 0.29) is 10.8 Å². The second-order valence-corrected chi connectivity index (χ2v) is 9.41. The molecule has 0 radical (unpaired) electrons. The molecule has 4 aliphatic rings. The van der Waals surface area contributed by atoms with Crippen molar-refractivity contribution < 1.29 is 0 Å². The monoisotopic (exact) mass is 374 g/mol. The number of fused-ring (bicyclic) bond motifs is 7. The fourth-order valence-electron chi connectivity index (χ4n) is 7.73. The fraction of sp³-hybridized carbons (Fsp3) is 0.500. The van der Waals surface area contributed by atoms with Crippen LogP contribution in [0.5, 0.6) is 0 Å². The van der Waals surface area contributed by atoms with Gasteiger partial charge < -0.3 is 9.80 Å². The average Bonchev–Trinajstić information content (AvgIpc) is 3.39. The number of rotatable bonds is 1. The maximum absolute atomic E-state index is 2.60. The third-order valence-corrected chi connectivity index (χ3v) is 8.49. The lowest BCUT2D eigenvalue weighted by molar-refractivity contribution is 0.126. The Morgan fingerprint density at radius 1 is 0.643 bits per heavy atom. The van der Waals surface area contributed by atoms with Gasteiger partial charge in [0.15, 0.2) is 0 Å². The van der Waals surface area contributed by atoms with Crippen molar-refractivity contribution in [2.45, 2.75) is 36.0 Å². The maximum atomic E-state index is 2.60. The molecule has 4 nitrogen and oxygen atoms in total. The number of benzene rings is 2. The summed E-state index contributed by atoms with van der Waals surface area (Å²) in [4.78, 5) is 10.3. The van der Waals surface area contributed by atoms with Crippen molar-refractivity contribution in [3.05, 3.63) is 59.7 Å². The van der Waals surface area contributed by atoms with Crippen LogP contribution in [-0.2, 0) is 10.8 Å². The summed E-state index contributed by atoms with van der Waals surface area (Å²) in [6, 6.07) is 18.4. The van der Waals surface area contributed by atoms with Crippen LogP contribution in [0, 0.1) is 0 Å². The average molecular weight is 375 g/mol. The molecular formula is C24H30N4. The Bertz CT molecular complexity index is 880. The molecule has 0 N–H and O–H groups in total. The van der Waals surface area contributed by atoms with Gasteiger partial charge in [-0.25, -0.2) is 0 Å².